The smallest absolute Gasteiger partial charge is 0.236 e. The molecule has 0 saturated carbocycles. The molecule has 1 saturated heterocycles. The molecule has 1 N–H and O–H groups in total. The lowest BCUT2D eigenvalue weighted by Gasteiger charge is -2.18. The summed E-state index contributed by atoms with van der Waals surface area (Å²) >= 11 is 0. The minimum atomic E-state index is 0.174. The summed E-state index contributed by atoms with van der Waals surface area (Å²) in [7, 11) is 0. The van der Waals surface area contributed by atoms with Gasteiger partial charge >= 0.3 is 0 Å². The Hall–Kier alpha value is -1.01. The molecule has 1 rings (SSSR count). The third-order valence-corrected chi connectivity index (χ3v) is 3.02. The third kappa shape index (κ3) is 3.56. The standard InChI is InChI=1S/C12H20N2O/c1-4-6-13-8-12(15)14-7-5-11(9-14)10(2)3/h1,10-11,13H,5-9H2,2-3H3. The van der Waals surface area contributed by atoms with Gasteiger partial charge in [-0.25, -0.2) is 0 Å². The fraction of sp³-hybridized carbons (Fsp3) is 0.750. The van der Waals surface area contributed by atoms with E-state index in [2.05, 4.69) is 25.1 Å². The number of terminal acetylenes is 1. The van der Waals surface area contributed by atoms with Crippen LogP contribution in [0.3, 0.4) is 0 Å². The lowest BCUT2D eigenvalue weighted by Crippen LogP contribution is -2.37. The van der Waals surface area contributed by atoms with Crippen LogP contribution < -0.4 is 5.32 Å². The van der Waals surface area contributed by atoms with E-state index in [-0.39, 0.29) is 5.91 Å². The van der Waals surface area contributed by atoms with Crippen LogP contribution >= 0.6 is 0 Å². The first kappa shape index (κ1) is 12.1. The first-order chi connectivity index (χ1) is 7.15. The predicted octanol–water partition coefficient (Wildman–Crippen LogP) is 0.714. The van der Waals surface area contributed by atoms with Crippen molar-refractivity contribution in [2.24, 2.45) is 11.8 Å². The molecule has 84 valence electrons. The fourth-order valence-electron chi connectivity index (χ4n) is 1.91. The van der Waals surface area contributed by atoms with Crippen LogP contribution in [0.2, 0.25) is 0 Å². The van der Waals surface area contributed by atoms with Crippen molar-refractivity contribution in [3.8, 4) is 12.3 Å². The van der Waals surface area contributed by atoms with E-state index < -0.39 is 0 Å². The van der Waals surface area contributed by atoms with Gasteiger partial charge in [0, 0.05) is 13.1 Å². The molecule has 0 spiro atoms. The lowest BCUT2D eigenvalue weighted by molar-refractivity contribution is -0.129. The first-order valence-electron chi connectivity index (χ1n) is 5.57. The van der Waals surface area contributed by atoms with E-state index in [1.54, 1.807) is 0 Å². The molecule has 1 unspecified atom stereocenters. The van der Waals surface area contributed by atoms with Crippen LogP contribution in [0.25, 0.3) is 0 Å². The van der Waals surface area contributed by atoms with Crippen molar-refractivity contribution >= 4 is 5.91 Å². The fourth-order valence-corrected chi connectivity index (χ4v) is 1.91. The van der Waals surface area contributed by atoms with Crippen molar-refractivity contribution in [1.29, 1.82) is 0 Å². The highest BCUT2D eigenvalue weighted by Gasteiger charge is 2.27. The number of carbonyl (C=O) groups excluding carboxylic acids is 1. The van der Waals surface area contributed by atoms with E-state index in [1.165, 1.54) is 0 Å². The molecule has 1 fully saturated rings. The van der Waals surface area contributed by atoms with Gasteiger partial charge in [-0.3, -0.25) is 10.1 Å². The van der Waals surface area contributed by atoms with Crippen LogP contribution in [0, 0.1) is 24.2 Å². The van der Waals surface area contributed by atoms with Gasteiger partial charge in [-0.05, 0) is 18.3 Å². The van der Waals surface area contributed by atoms with Crippen LogP contribution in [0.5, 0.6) is 0 Å². The molecule has 15 heavy (non-hydrogen) atoms. The number of hydrogen-bond donors (Lipinski definition) is 1. The second kappa shape index (κ2) is 5.77. The number of nitrogens with zero attached hydrogens (tertiary/aromatic N) is 1. The Bertz CT molecular complexity index is 255. The van der Waals surface area contributed by atoms with Gasteiger partial charge in [-0.15, -0.1) is 6.42 Å². The summed E-state index contributed by atoms with van der Waals surface area (Å²) in [6.07, 6.45) is 6.23. The second-order valence-electron chi connectivity index (χ2n) is 4.44. The molecule has 0 aromatic heterocycles. The van der Waals surface area contributed by atoms with Gasteiger partial charge in [-0.1, -0.05) is 19.8 Å². The number of amides is 1. The molecular weight excluding hydrogens is 188 g/mol. The average molecular weight is 208 g/mol. The van der Waals surface area contributed by atoms with Crippen LogP contribution in [0.1, 0.15) is 20.3 Å². The Morgan fingerprint density at radius 3 is 2.93 bits per heavy atom. The van der Waals surface area contributed by atoms with Crippen molar-refractivity contribution in [1.82, 2.24) is 10.2 Å². The topological polar surface area (TPSA) is 32.3 Å². The predicted molar refractivity (Wildman–Crippen MR) is 61.2 cm³/mol. The van der Waals surface area contributed by atoms with Crippen molar-refractivity contribution in [2.75, 3.05) is 26.2 Å². The summed E-state index contributed by atoms with van der Waals surface area (Å²) in [4.78, 5) is 13.6. The molecule has 1 amide bonds. The van der Waals surface area contributed by atoms with E-state index in [0.717, 1.165) is 19.5 Å². The third-order valence-electron chi connectivity index (χ3n) is 3.02. The molecule has 1 aliphatic heterocycles. The van der Waals surface area contributed by atoms with E-state index in [1.807, 2.05) is 4.90 Å². The van der Waals surface area contributed by atoms with Crippen LogP contribution in [0.4, 0.5) is 0 Å². The zero-order valence-corrected chi connectivity index (χ0v) is 9.62. The van der Waals surface area contributed by atoms with Gasteiger partial charge in [0.1, 0.15) is 0 Å². The summed E-state index contributed by atoms with van der Waals surface area (Å²) in [5.74, 6) is 3.97. The normalized spacial score (nSPS) is 20.7. The Morgan fingerprint density at radius 1 is 1.67 bits per heavy atom. The van der Waals surface area contributed by atoms with Gasteiger partial charge in [0.15, 0.2) is 0 Å². The largest absolute Gasteiger partial charge is 0.341 e. The number of hydrogen-bond acceptors (Lipinski definition) is 2. The second-order valence-corrected chi connectivity index (χ2v) is 4.44. The van der Waals surface area contributed by atoms with E-state index in [0.29, 0.717) is 24.9 Å². The maximum atomic E-state index is 11.7. The van der Waals surface area contributed by atoms with Crippen LogP contribution in [-0.2, 0) is 4.79 Å². The van der Waals surface area contributed by atoms with Crippen LogP contribution in [-0.4, -0.2) is 37.0 Å². The molecule has 1 atom stereocenters. The number of likely N-dealkylation sites (tertiary alicyclic amines) is 1. The highest BCUT2D eigenvalue weighted by molar-refractivity contribution is 5.78. The number of rotatable bonds is 4. The minimum absolute atomic E-state index is 0.174. The Balaban J connectivity index is 2.28. The maximum Gasteiger partial charge on any atom is 0.236 e. The molecule has 0 radical (unpaired) electrons. The molecule has 0 aliphatic carbocycles. The van der Waals surface area contributed by atoms with Gasteiger partial charge in [0.25, 0.3) is 0 Å². The maximum absolute atomic E-state index is 11.7. The SMILES string of the molecule is C#CCNCC(=O)N1CCC(C(C)C)C1. The van der Waals surface area contributed by atoms with Crippen molar-refractivity contribution in [3.63, 3.8) is 0 Å². The Kier molecular flexibility index (Phi) is 4.64. The van der Waals surface area contributed by atoms with Crippen molar-refractivity contribution in [3.05, 3.63) is 0 Å². The summed E-state index contributed by atoms with van der Waals surface area (Å²) in [5.41, 5.74) is 0. The summed E-state index contributed by atoms with van der Waals surface area (Å²) in [6, 6.07) is 0. The van der Waals surface area contributed by atoms with Crippen molar-refractivity contribution < 1.29 is 4.79 Å². The lowest BCUT2D eigenvalue weighted by atomic mass is 9.95. The van der Waals surface area contributed by atoms with Gasteiger partial charge in [0.2, 0.25) is 5.91 Å². The Morgan fingerprint density at radius 2 is 2.40 bits per heavy atom. The summed E-state index contributed by atoms with van der Waals surface area (Å²) in [6.45, 7) is 7.08. The summed E-state index contributed by atoms with van der Waals surface area (Å²) in [5, 5.41) is 2.93. The highest BCUT2D eigenvalue weighted by atomic mass is 16.2. The zero-order chi connectivity index (χ0) is 11.3. The Labute approximate surface area is 92.2 Å². The number of nitrogens with one attached hydrogen (secondary N) is 1. The van der Waals surface area contributed by atoms with E-state index >= 15 is 0 Å². The monoisotopic (exact) mass is 208 g/mol. The molecule has 0 aromatic rings. The first-order valence-corrected chi connectivity index (χ1v) is 5.57. The van der Waals surface area contributed by atoms with Crippen LogP contribution in [0.15, 0.2) is 0 Å². The molecule has 1 aliphatic rings. The molecule has 1 heterocycles. The van der Waals surface area contributed by atoms with Crippen molar-refractivity contribution in [2.45, 2.75) is 20.3 Å². The average Bonchev–Trinajstić information content (AvgIpc) is 2.66. The molecule has 3 heteroatoms. The highest BCUT2D eigenvalue weighted by Crippen LogP contribution is 2.23. The quantitative estimate of drug-likeness (QED) is 0.545. The van der Waals surface area contributed by atoms with Gasteiger partial charge in [-0.2, -0.15) is 0 Å². The van der Waals surface area contributed by atoms with Gasteiger partial charge < -0.3 is 4.90 Å². The molecule has 3 nitrogen and oxygen atoms in total. The van der Waals surface area contributed by atoms with Gasteiger partial charge in [0.05, 0.1) is 13.1 Å². The minimum Gasteiger partial charge on any atom is -0.341 e. The molecule has 0 bridgehead atoms. The summed E-state index contributed by atoms with van der Waals surface area (Å²) < 4.78 is 0. The zero-order valence-electron chi connectivity index (χ0n) is 9.62. The van der Waals surface area contributed by atoms with E-state index in [9.17, 15) is 4.79 Å². The molecular formula is C12H20N2O. The van der Waals surface area contributed by atoms with E-state index in [4.69, 9.17) is 6.42 Å². The number of carbonyl (C=O) groups is 1. The molecule has 0 aromatic carbocycles.